The number of carbonyl (C=O) groups excluding carboxylic acids is 2. The molecule has 0 unspecified atom stereocenters. The molecule has 4 rings (SSSR count). The lowest BCUT2D eigenvalue weighted by molar-refractivity contribution is 0.0472. The van der Waals surface area contributed by atoms with Gasteiger partial charge < -0.3 is 10.1 Å². The number of nitrogens with one attached hydrogen (secondary N) is 1. The number of ether oxygens (including phenoxy) is 1. The van der Waals surface area contributed by atoms with E-state index in [1.54, 1.807) is 29.6 Å². The molecule has 27 heavy (non-hydrogen) atoms. The molecule has 0 bridgehead atoms. The molecule has 1 heterocycles. The highest BCUT2D eigenvalue weighted by molar-refractivity contribution is 7.09. The topological polar surface area (TPSA) is 68.3 Å². The Morgan fingerprint density at radius 2 is 1.70 bits per heavy atom. The van der Waals surface area contributed by atoms with Crippen LogP contribution in [0.5, 0.6) is 0 Å². The van der Waals surface area contributed by atoms with Crippen LogP contribution in [0, 0.1) is 0 Å². The van der Waals surface area contributed by atoms with Gasteiger partial charge in [-0.25, -0.2) is 9.78 Å². The van der Waals surface area contributed by atoms with Gasteiger partial charge >= 0.3 is 5.97 Å². The second-order valence-electron chi connectivity index (χ2n) is 6.42. The highest BCUT2D eigenvalue weighted by Gasteiger charge is 2.23. The van der Waals surface area contributed by atoms with E-state index in [1.165, 1.54) is 22.5 Å². The minimum Gasteiger partial charge on any atom is -0.455 e. The van der Waals surface area contributed by atoms with Crippen molar-refractivity contribution in [3.8, 4) is 0 Å². The van der Waals surface area contributed by atoms with Gasteiger partial charge in [-0.1, -0.05) is 42.5 Å². The summed E-state index contributed by atoms with van der Waals surface area (Å²) < 4.78 is 5.26. The molecule has 1 N–H and O–H groups in total. The molecule has 2 aromatic carbocycles. The van der Waals surface area contributed by atoms with Crippen LogP contribution in [0.1, 0.15) is 37.0 Å². The molecule has 0 fully saturated rings. The Morgan fingerprint density at radius 1 is 1.04 bits per heavy atom. The van der Waals surface area contributed by atoms with Gasteiger partial charge in [0.1, 0.15) is 17.3 Å². The van der Waals surface area contributed by atoms with Gasteiger partial charge in [0.25, 0.3) is 5.91 Å². The van der Waals surface area contributed by atoms with Gasteiger partial charge in [-0.2, -0.15) is 0 Å². The SMILES string of the molecule is O=C(OCc1nc(C(=O)NC2Cc3ccccc3C2)cs1)c1ccccc1. The lowest BCUT2D eigenvalue weighted by atomic mass is 10.1. The van der Waals surface area contributed by atoms with E-state index in [4.69, 9.17) is 4.74 Å². The highest BCUT2D eigenvalue weighted by Crippen LogP contribution is 2.22. The minimum atomic E-state index is -0.402. The van der Waals surface area contributed by atoms with Crippen molar-refractivity contribution < 1.29 is 14.3 Å². The van der Waals surface area contributed by atoms with Gasteiger partial charge in [-0.05, 0) is 36.1 Å². The minimum absolute atomic E-state index is 0.0561. The molecule has 0 atom stereocenters. The number of aromatic nitrogens is 1. The predicted octanol–water partition coefficient (Wildman–Crippen LogP) is 3.40. The third kappa shape index (κ3) is 4.06. The van der Waals surface area contributed by atoms with Crippen LogP contribution < -0.4 is 5.32 Å². The molecule has 6 heteroatoms. The maximum atomic E-state index is 12.4. The predicted molar refractivity (Wildman–Crippen MR) is 103 cm³/mol. The first-order chi connectivity index (χ1) is 13.2. The summed E-state index contributed by atoms with van der Waals surface area (Å²) in [5.41, 5.74) is 3.43. The Balaban J connectivity index is 1.31. The van der Waals surface area contributed by atoms with E-state index in [0.717, 1.165) is 12.8 Å². The molecule has 1 aliphatic rings. The highest BCUT2D eigenvalue weighted by atomic mass is 32.1. The molecular formula is C21H18N2O3S. The van der Waals surface area contributed by atoms with E-state index in [-0.39, 0.29) is 18.6 Å². The summed E-state index contributed by atoms with van der Waals surface area (Å²) in [6.45, 7) is 0.0561. The lowest BCUT2D eigenvalue weighted by Gasteiger charge is -2.10. The van der Waals surface area contributed by atoms with Gasteiger partial charge in [0.05, 0.1) is 5.56 Å². The molecular weight excluding hydrogens is 360 g/mol. The first-order valence-corrected chi connectivity index (χ1v) is 9.61. The van der Waals surface area contributed by atoms with Crippen LogP contribution in [0.15, 0.2) is 60.0 Å². The molecule has 0 aliphatic heterocycles. The van der Waals surface area contributed by atoms with Gasteiger partial charge in [0.15, 0.2) is 0 Å². The van der Waals surface area contributed by atoms with Crippen molar-refractivity contribution in [2.24, 2.45) is 0 Å². The van der Waals surface area contributed by atoms with Crippen molar-refractivity contribution in [3.63, 3.8) is 0 Å². The third-order valence-corrected chi connectivity index (χ3v) is 5.33. The summed E-state index contributed by atoms with van der Waals surface area (Å²) in [6, 6.07) is 17.1. The number of esters is 1. The second kappa shape index (κ2) is 7.72. The Bertz CT molecular complexity index is 943. The van der Waals surface area contributed by atoms with E-state index in [2.05, 4.69) is 22.4 Å². The fourth-order valence-electron chi connectivity index (χ4n) is 3.19. The summed E-state index contributed by atoms with van der Waals surface area (Å²) in [6.07, 6.45) is 1.68. The normalized spacial score (nSPS) is 13.2. The quantitative estimate of drug-likeness (QED) is 0.691. The van der Waals surface area contributed by atoms with Crippen LogP contribution in [-0.4, -0.2) is 22.9 Å². The molecule has 0 radical (unpaired) electrons. The zero-order valence-corrected chi connectivity index (χ0v) is 15.4. The Labute approximate surface area is 161 Å². The van der Waals surface area contributed by atoms with Crippen molar-refractivity contribution in [2.75, 3.05) is 0 Å². The summed E-state index contributed by atoms with van der Waals surface area (Å²) >= 11 is 1.31. The van der Waals surface area contributed by atoms with Crippen LogP contribution in [-0.2, 0) is 24.2 Å². The van der Waals surface area contributed by atoms with E-state index in [0.29, 0.717) is 16.3 Å². The number of thiazole rings is 1. The van der Waals surface area contributed by atoms with Crippen LogP contribution in [0.2, 0.25) is 0 Å². The van der Waals surface area contributed by atoms with Gasteiger partial charge in [0.2, 0.25) is 0 Å². The standard InChI is InChI=1S/C21H18N2O3S/c24-20(22-17-10-15-8-4-5-9-16(15)11-17)18-13-27-19(23-18)12-26-21(25)14-6-2-1-3-7-14/h1-9,13,17H,10-12H2,(H,22,24). The van der Waals surface area contributed by atoms with Crippen LogP contribution in [0.25, 0.3) is 0 Å². The summed E-state index contributed by atoms with van der Waals surface area (Å²) in [5, 5.41) is 5.34. The largest absolute Gasteiger partial charge is 0.455 e. The first-order valence-electron chi connectivity index (χ1n) is 8.73. The zero-order valence-electron chi connectivity index (χ0n) is 14.6. The molecule has 136 valence electrons. The van der Waals surface area contributed by atoms with Gasteiger partial charge in [-0.15, -0.1) is 11.3 Å². The van der Waals surface area contributed by atoms with Crippen LogP contribution >= 0.6 is 11.3 Å². The molecule has 3 aromatic rings. The second-order valence-corrected chi connectivity index (χ2v) is 7.36. The van der Waals surface area contributed by atoms with Crippen LogP contribution in [0.4, 0.5) is 0 Å². The molecule has 0 saturated carbocycles. The van der Waals surface area contributed by atoms with E-state index in [1.807, 2.05) is 18.2 Å². The number of hydrogen-bond donors (Lipinski definition) is 1. The van der Waals surface area contributed by atoms with E-state index in [9.17, 15) is 9.59 Å². The van der Waals surface area contributed by atoms with Crippen molar-refractivity contribution in [1.29, 1.82) is 0 Å². The maximum Gasteiger partial charge on any atom is 0.338 e. The number of nitrogens with zero attached hydrogens (tertiary/aromatic N) is 1. The third-order valence-electron chi connectivity index (χ3n) is 4.51. The monoisotopic (exact) mass is 378 g/mol. The Kier molecular flexibility index (Phi) is 4.98. The van der Waals surface area contributed by atoms with Crippen molar-refractivity contribution in [2.45, 2.75) is 25.5 Å². The number of benzene rings is 2. The smallest absolute Gasteiger partial charge is 0.338 e. The Hall–Kier alpha value is -2.99. The molecule has 1 aliphatic carbocycles. The van der Waals surface area contributed by atoms with Crippen LogP contribution in [0.3, 0.4) is 0 Å². The fourth-order valence-corrected chi connectivity index (χ4v) is 3.87. The maximum absolute atomic E-state index is 12.4. The van der Waals surface area contributed by atoms with Gasteiger partial charge in [0, 0.05) is 11.4 Å². The summed E-state index contributed by atoms with van der Waals surface area (Å²) in [4.78, 5) is 28.7. The number of amides is 1. The number of rotatable bonds is 5. The molecule has 1 amide bonds. The molecule has 0 saturated heterocycles. The van der Waals surface area contributed by atoms with Crippen molar-refractivity contribution in [1.82, 2.24) is 10.3 Å². The molecule has 5 nitrogen and oxygen atoms in total. The fraction of sp³-hybridized carbons (Fsp3) is 0.190. The van der Waals surface area contributed by atoms with E-state index >= 15 is 0 Å². The average Bonchev–Trinajstić information content (AvgIpc) is 3.33. The average molecular weight is 378 g/mol. The number of fused-ring (bicyclic) bond motifs is 1. The first kappa shape index (κ1) is 17.4. The summed E-state index contributed by atoms with van der Waals surface area (Å²) in [7, 11) is 0. The summed E-state index contributed by atoms with van der Waals surface area (Å²) in [5.74, 6) is -0.592. The molecule has 1 aromatic heterocycles. The number of carbonyl (C=O) groups is 2. The van der Waals surface area contributed by atoms with E-state index < -0.39 is 5.97 Å². The Morgan fingerprint density at radius 3 is 2.41 bits per heavy atom. The van der Waals surface area contributed by atoms with Crippen molar-refractivity contribution >= 4 is 23.2 Å². The van der Waals surface area contributed by atoms with Gasteiger partial charge in [-0.3, -0.25) is 4.79 Å². The number of hydrogen-bond acceptors (Lipinski definition) is 5. The lowest BCUT2D eigenvalue weighted by Crippen LogP contribution is -2.35. The van der Waals surface area contributed by atoms with Crippen molar-refractivity contribution in [3.05, 3.63) is 87.4 Å². The molecule has 0 spiro atoms. The zero-order chi connectivity index (χ0) is 18.6.